The molecule has 0 bridgehead atoms. The highest BCUT2D eigenvalue weighted by atomic mass is 19.1. The Morgan fingerprint density at radius 1 is 1.00 bits per heavy atom. The maximum Gasteiger partial charge on any atom is 0.331 e. The molecule has 2 amide bonds. The number of hydrogen-bond donors (Lipinski definition) is 2. The Kier molecular flexibility index (Phi) is 6.61. The zero-order valence-corrected chi connectivity index (χ0v) is 14.0. The normalized spacial score (nSPS) is 10.4. The number of halogens is 1. The van der Waals surface area contributed by atoms with Gasteiger partial charge < -0.3 is 15.4 Å². The number of carbonyl (C=O) groups excluding carboxylic acids is 3. The Morgan fingerprint density at radius 3 is 2.23 bits per heavy atom. The van der Waals surface area contributed by atoms with Crippen molar-refractivity contribution >= 4 is 35.2 Å². The smallest absolute Gasteiger partial charge is 0.331 e. The maximum atomic E-state index is 13.4. The molecule has 0 unspecified atom stereocenters. The molecular weight excluding hydrogens is 339 g/mol. The maximum absolute atomic E-state index is 13.4. The quantitative estimate of drug-likeness (QED) is 0.616. The first kappa shape index (κ1) is 18.9. The van der Waals surface area contributed by atoms with E-state index in [0.29, 0.717) is 11.4 Å². The van der Waals surface area contributed by atoms with Gasteiger partial charge in [-0.3, -0.25) is 9.59 Å². The van der Waals surface area contributed by atoms with Gasteiger partial charge >= 0.3 is 5.97 Å². The van der Waals surface area contributed by atoms with Gasteiger partial charge in [0.2, 0.25) is 5.91 Å². The monoisotopic (exact) mass is 356 g/mol. The molecule has 0 saturated heterocycles. The van der Waals surface area contributed by atoms with Crippen molar-refractivity contribution in [3.63, 3.8) is 0 Å². The van der Waals surface area contributed by atoms with E-state index >= 15 is 0 Å². The number of esters is 1. The minimum absolute atomic E-state index is 0.197. The molecule has 0 fully saturated rings. The number of amides is 2. The summed E-state index contributed by atoms with van der Waals surface area (Å²) in [5, 5.41) is 5.15. The highest BCUT2D eigenvalue weighted by molar-refractivity contribution is 5.95. The molecule has 0 aliphatic carbocycles. The Labute approximate surface area is 149 Å². The lowest BCUT2D eigenvalue weighted by Gasteiger charge is -2.07. The number of benzene rings is 2. The lowest BCUT2D eigenvalue weighted by atomic mass is 10.2. The van der Waals surface area contributed by atoms with E-state index in [2.05, 4.69) is 10.6 Å². The standard InChI is InChI=1S/C19H17FN2O4/c1-13(23)21-15-7-9-16(10-8-15)22-18(24)12-26-19(25)11-6-14-4-2-3-5-17(14)20/h2-11H,12H2,1H3,(H,21,23)(H,22,24)/b11-6+. The number of nitrogens with one attached hydrogen (secondary N) is 2. The van der Waals surface area contributed by atoms with Crippen LogP contribution in [0.3, 0.4) is 0 Å². The predicted octanol–water partition coefficient (Wildman–Crippen LogP) is 2.98. The molecule has 0 aromatic heterocycles. The summed E-state index contributed by atoms with van der Waals surface area (Å²) in [6.07, 6.45) is 2.32. The van der Waals surface area contributed by atoms with E-state index in [9.17, 15) is 18.8 Å². The number of anilines is 2. The van der Waals surface area contributed by atoms with Gasteiger partial charge in [-0.2, -0.15) is 0 Å². The summed E-state index contributed by atoms with van der Waals surface area (Å²) in [6, 6.07) is 12.4. The van der Waals surface area contributed by atoms with Crippen LogP contribution in [0, 0.1) is 5.82 Å². The minimum atomic E-state index is -0.760. The van der Waals surface area contributed by atoms with Crippen LogP contribution < -0.4 is 10.6 Å². The molecule has 2 N–H and O–H groups in total. The summed E-state index contributed by atoms with van der Waals surface area (Å²) < 4.78 is 18.2. The third-order valence-corrected chi connectivity index (χ3v) is 3.14. The average molecular weight is 356 g/mol. The fourth-order valence-corrected chi connectivity index (χ4v) is 1.99. The largest absolute Gasteiger partial charge is 0.452 e. The van der Waals surface area contributed by atoms with Crippen molar-refractivity contribution < 1.29 is 23.5 Å². The Morgan fingerprint density at radius 2 is 1.62 bits per heavy atom. The topological polar surface area (TPSA) is 84.5 Å². The van der Waals surface area contributed by atoms with Crippen LogP contribution in [0.15, 0.2) is 54.6 Å². The molecular formula is C19H17FN2O4. The molecule has 134 valence electrons. The van der Waals surface area contributed by atoms with Crippen LogP contribution >= 0.6 is 0 Å². The van der Waals surface area contributed by atoms with Crippen molar-refractivity contribution in [2.45, 2.75) is 6.92 Å². The number of ether oxygens (including phenoxy) is 1. The zero-order chi connectivity index (χ0) is 18.9. The van der Waals surface area contributed by atoms with Gasteiger partial charge in [-0.25, -0.2) is 9.18 Å². The first-order chi connectivity index (χ1) is 12.4. The second kappa shape index (κ2) is 9.12. The second-order valence-electron chi connectivity index (χ2n) is 5.27. The fourth-order valence-electron chi connectivity index (χ4n) is 1.99. The van der Waals surface area contributed by atoms with E-state index in [4.69, 9.17) is 4.74 Å². The van der Waals surface area contributed by atoms with Crippen LogP contribution in [-0.4, -0.2) is 24.4 Å². The van der Waals surface area contributed by atoms with Crippen molar-refractivity contribution in [3.8, 4) is 0 Å². The van der Waals surface area contributed by atoms with E-state index < -0.39 is 24.3 Å². The number of rotatable bonds is 6. The third-order valence-electron chi connectivity index (χ3n) is 3.14. The van der Waals surface area contributed by atoms with Gasteiger partial charge in [0, 0.05) is 29.9 Å². The van der Waals surface area contributed by atoms with Gasteiger partial charge in [-0.1, -0.05) is 18.2 Å². The van der Waals surface area contributed by atoms with E-state index in [1.54, 1.807) is 30.3 Å². The van der Waals surface area contributed by atoms with Crippen LogP contribution in [0.2, 0.25) is 0 Å². The molecule has 2 rings (SSSR count). The fraction of sp³-hybridized carbons (Fsp3) is 0.105. The summed E-state index contributed by atoms with van der Waals surface area (Å²) in [6.45, 7) is 0.915. The van der Waals surface area contributed by atoms with Crippen LogP contribution in [0.4, 0.5) is 15.8 Å². The van der Waals surface area contributed by atoms with Gasteiger partial charge in [0.05, 0.1) is 0 Å². The van der Waals surface area contributed by atoms with Crippen molar-refractivity contribution in [1.29, 1.82) is 0 Å². The summed E-state index contributed by atoms with van der Waals surface area (Å²) in [7, 11) is 0. The summed E-state index contributed by atoms with van der Waals surface area (Å²) >= 11 is 0. The van der Waals surface area contributed by atoms with Gasteiger partial charge in [-0.15, -0.1) is 0 Å². The molecule has 0 heterocycles. The number of carbonyl (C=O) groups is 3. The molecule has 26 heavy (non-hydrogen) atoms. The summed E-state index contributed by atoms with van der Waals surface area (Å²) in [5.74, 6) is -1.94. The Hall–Kier alpha value is -3.48. The SMILES string of the molecule is CC(=O)Nc1ccc(NC(=O)COC(=O)/C=C/c2ccccc2F)cc1. The van der Waals surface area contributed by atoms with E-state index in [1.165, 1.54) is 31.2 Å². The molecule has 0 spiro atoms. The summed E-state index contributed by atoms with van der Waals surface area (Å²) in [4.78, 5) is 34.3. The van der Waals surface area contributed by atoms with Crippen molar-refractivity contribution in [3.05, 3.63) is 66.0 Å². The predicted molar refractivity (Wildman–Crippen MR) is 95.8 cm³/mol. The van der Waals surface area contributed by atoms with Crippen molar-refractivity contribution in [1.82, 2.24) is 0 Å². The Bertz CT molecular complexity index is 832. The third kappa shape index (κ3) is 6.20. The number of hydrogen-bond acceptors (Lipinski definition) is 4. The minimum Gasteiger partial charge on any atom is -0.452 e. The molecule has 0 aliphatic heterocycles. The average Bonchev–Trinajstić information content (AvgIpc) is 2.60. The van der Waals surface area contributed by atoms with Crippen LogP contribution in [0.1, 0.15) is 12.5 Å². The molecule has 6 nitrogen and oxygen atoms in total. The van der Waals surface area contributed by atoms with Crippen molar-refractivity contribution in [2.24, 2.45) is 0 Å². The molecule has 0 saturated carbocycles. The second-order valence-corrected chi connectivity index (χ2v) is 5.27. The van der Waals surface area contributed by atoms with Crippen LogP contribution in [-0.2, 0) is 19.1 Å². The van der Waals surface area contributed by atoms with Gasteiger partial charge in [0.25, 0.3) is 5.91 Å². The Balaban J connectivity index is 1.80. The lowest BCUT2D eigenvalue weighted by Crippen LogP contribution is -2.20. The van der Waals surface area contributed by atoms with E-state index in [1.807, 2.05) is 0 Å². The first-order valence-corrected chi connectivity index (χ1v) is 7.71. The van der Waals surface area contributed by atoms with Crippen LogP contribution in [0.25, 0.3) is 6.08 Å². The first-order valence-electron chi connectivity index (χ1n) is 7.71. The van der Waals surface area contributed by atoms with Gasteiger partial charge in [-0.05, 0) is 36.4 Å². The van der Waals surface area contributed by atoms with Crippen molar-refractivity contribution in [2.75, 3.05) is 17.2 Å². The molecule has 7 heteroatoms. The summed E-state index contributed by atoms with van der Waals surface area (Å²) in [5.41, 5.74) is 1.33. The highest BCUT2D eigenvalue weighted by Gasteiger charge is 2.06. The van der Waals surface area contributed by atoms with Crippen LogP contribution in [0.5, 0.6) is 0 Å². The molecule has 0 atom stereocenters. The van der Waals surface area contributed by atoms with E-state index in [0.717, 1.165) is 6.08 Å². The molecule has 2 aromatic carbocycles. The van der Waals surface area contributed by atoms with Gasteiger partial charge in [0.15, 0.2) is 6.61 Å². The van der Waals surface area contributed by atoms with Gasteiger partial charge in [0.1, 0.15) is 5.82 Å². The zero-order valence-electron chi connectivity index (χ0n) is 14.0. The molecule has 0 radical (unpaired) electrons. The molecule has 0 aliphatic rings. The highest BCUT2D eigenvalue weighted by Crippen LogP contribution is 2.13. The van der Waals surface area contributed by atoms with E-state index in [-0.39, 0.29) is 11.5 Å². The lowest BCUT2D eigenvalue weighted by molar-refractivity contribution is -0.142. The molecule has 2 aromatic rings.